The van der Waals surface area contributed by atoms with Crippen molar-refractivity contribution in [3.05, 3.63) is 34.9 Å². The Morgan fingerprint density at radius 3 is 3.00 bits per heavy atom. The molecule has 1 aliphatic carbocycles. The minimum absolute atomic E-state index is 0.0777. The van der Waals surface area contributed by atoms with E-state index in [0.717, 1.165) is 12.0 Å². The molecule has 0 radical (unpaired) electrons. The molecule has 3 nitrogen and oxygen atoms in total. The fraction of sp³-hybridized carbons (Fsp3) is 0.533. The van der Waals surface area contributed by atoms with Crippen LogP contribution in [0.1, 0.15) is 40.7 Å². The maximum absolute atomic E-state index is 12.2. The van der Waals surface area contributed by atoms with E-state index < -0.39 is 0 Å². The first-order chi connectivity index (χ1) is 8.63. The van der Waals surface area contributed by atoms with Gasteiger partial charge in [-0.3, -0.25) is 4.79 Å². The molecule has 0 heterocycles. The number of amides is 1. The van der Waals surface area contributed by atoms with E-state index in [9.17, 15) is 4.79 Å². The lowest BCUT2D eigenvalue weighted by Gasteiger charge is -2.17. The molecule has 1 unspecified atom stereocenters. The van der Waals surface area contributed by atoms with Crippen LogP contribution in [-0.2, 0) is 11.2 Å². The standard InChI is InChI=1S/C15H21NO2/c1-11-4-5-12-6-7-13(10-14(11)12)15(17)16(2)8-9-18-3/h6-7,10-11H,4-5,8-9H2,1-3H3. The number of hydrogen-bond donors (Lipinski definition) is 0. The summed E-state index contributed by atoms with van der Waals surface area (Å²) in [7, 11) is 3.47. The molecule has 1 aromatic carbocycles. The van der Waals surface area contributed by atoms with Crippen LogP contribution in [0, 0.1) is 0 Å². The monoisotopic (exact) mass is 247 g/mol. The van der Waals surface area contributed by atoms with Crippen molar-refractivity contribution in [1.82, 2.24) is 4.90 Å². The van der Waals surface area contributed by atoms with Crippen LogP contribution in [0.3, 0.4) is 0 Å². The fourth-order valence-corrected chi connectivity index (χ4v) is 2.49. The van der Waals surface area contributed by atoms with Gasteiger partial charge in [-0.15, -0.1) is 0 Å². The molecule has 1 atom stereocenters. The number of ether oxygens (including phenoxy) is 1. The predicted molar refractivity (Wildman–Crippen MR) is 72.0 cm³/mol. The Bertz CT molecular complexity index is 442. The lowest BCUT2D eigenvalue weighted by Crippen LogP contribution is -2.30. The largest absolute Gasteiger partial charge is 0.383 e. The summed E-state index contributed by atoms with van der Waals surface area (Å²) in [6.45, 7) is 3.43. The van der Waals surface area contributed by atoms with Crippen LogP contribution in [0.25, 0.3) is 0 Å². The van der Waals surface area contributed by atoms with Gasteiger partial charge >= 0.3 is 0 Å². The zero-order valence-electron chi connectivity index (χ0n) is 11.4. The van der Waals surface area contributed by atoms with E-state index in [1.54, 1.807) is 12.0 Å². The lowest BCUT2D eigenvalue weighted by molar-refractivity contribution is 0.0744. The number of benzene rings is 1. The van der Waals surface area contributed by atoms with Crippen molar-refractivity contribution in [3.8, 4) is 0 Å². The first-order valence-electron chi connectivity index (χ1n) is 6.50. The number of nitrogens with zero attached hydrogens (tertiary/aromatic N) is 1. The van der Waals surface area contributed by atoms with Crippen LogP contribution in [0.15, 0.2) is 18.2 Å². The van der Waals surface area contributed by atoms with Gasteiger partial charge in [0, 0.05) is 26.3 Å². The lowest BCUT2D eigenvalue weighted by atomic mass is 10.0. The minimum Gasteiger partial charge on any atom is -0.383 e. The molecule has 0 N–H and O–H groups in total. The van der Waals surface area contributed by atoms with Crippen molar-refractivity contribution in [2.75, 3.05) is 27.3 Å². The molecule has 0 aliphatic heterocycles. The number of carbonyl (C=O) groups is 1. The van der Waals surface area contributed by atoms with Crippen molar-refractivity contribution in [1.29, 1.82) is 0 Å². The molecule has 0 fully saturated rings. The molecule has 0 saturated carbocycles. The summed E-state index contributed by atoms with van der Waals surface area (Å²) in [6.07, 6.45) is 2.34. The van der Waals surface area contributed by atoms with Gasteiger partial charge in [-0.2, -0.15) is 0 Å². The smallest absolute Gasteiger partial charge is 0.253 e. The maximum Gasteiger partial charge on any atom is 0.253 e. The number of fused-ring (bicyclic) bond motifs is 1. The predicted octanol–water partition coefficient (Wildman–Crippen LogP) is 2.45. The zero-order chi connectivity index (χ0) is 13.1. The van der Waals surface area contributed by atoms with Gasteiger partial charge in [0.2, 0.25) is 0 Å². The van der Waals surface area contributed by atoms with E-state index >= 15 is 0 Å². The highest BCUT2D eigenvalue weighted by atomic mass is 16.5. The average Bonchev–Trinajstić information content (AvgIpc) is 2.76. The summed E-state index contributed by atoms with van der Waals surface area (Å²) in [5.41, 5.74) is 3.54. The number of carbonyl (C=O) groups excluding carboxylic acids is 1. The summed E-state index contributed by atoms with van der Waals surface area (Å²) in [5, 5.41) is 0. The summed E-state index contributed by atoms with van der Waals surface area (Å²) in [4.78, 5) is 13.9. The zero-order valence-corrected chi connectivity index (χ0v) is 11.4. The molecule has 0 spiro atoms. The van der Waals surface area contributed by atoms with Gasteiger partial charge in [0.1, 0.15) is 0 Å². The molecule has 1 amide bonds. The van der Waals surface area contributed by atoms with Crippen molar-refractivity contribution in [2.45, 2.75) is 25.7 Å². The maximum atomic E-state index is 12.2. The quantitative estimate of drug-likeness (QED) is 0.818. The van der Waals surface area contributed by atoms with Crippen LogP contribution in [-0.4, -0.2) is 38.1 Å². The molecule has 0 saturated heterocycles. The Kier molecular flexibility index (Phi) is 4.02. The van der Waals surface area contributed by atoms with Crippen LogP contribution in [0.5, 0.6) is 0 Å². The first kappa shape index (κ1) is 13.1. The van der Waals surface area contributed by atoms with Gasteiger partial charge < -0.3 is 9.64 Å². The van der Waals surface area contributed by atoms with Crippen molar-refractivity contribution in [2.24, 2.45) is 0 Å². The van der Waals surface area contributed by atoms with Gasteiger partial charge in [-0.25, -0.2) is 0 Å². The van der Waals surface area contributed by atoms with Crippen molar-refractivity contribution < 1.29 is 9.53 Å². The minimum atomic E-state index is 0.0777. The Balaban J connectivity index is 2.14. The first-order valence-corrected chi connectivity index (χ1v) is 6.50. The normalized spacial score (nSPS) is 17.6. The molecular weight excluding hydrogens is 226 g/mol. The number of rotatable bonds is 4. The van der Waals surface area contributed by atoms with Gasteiger partial charge in [-0.05, 0) is 42.0 Å². The highest BCUT2D eigenvalue weighted by Crippen LogP contribution is 2.33. The third-order valence-electron chi connectivity index (χ3n) is 3.75. The molecular formula is C15H21NO2. The Hall–Kier alpha value is -1.35. The summed E-state index contributed by atoms with van der Waals surface area (Å²) >= 11 is 0. The van der Waals surface area contributed by atoms with Crippen LogP contribution in [0.4, 0.5) is 0 Å². The highest BCUT2D eigenvalue weighted by Gasteiger charge is 2.20. The van der Waals surface area contributed by atoms with E-state index in [-0.39, 0.29) is 5.91 Å². The van der Waals surface area contributed by atoms with E-state index in [0.29, 0.717) is 19.1 Å². The second-order valence-corrected chi connectivity index (χ2v) is 5.07. The van der Waals surface area contributed by atoms with Crippen LogP contribution in [0.2, 0.25) is 0 Å². The van der Waals surface area contributed by atoms with Crippen molar-refractivity contribution >= 4 is 5.91 Å². The topological polar surface area (TPSA) is 29.5 Å². The molecule has 2 rings (SSSR count). The molecule has 1 aliphatic rings. The Morgan fingerprint density at radius 1 is 1.50 bits per heavy atom. The molecule has 0 bridgehead atoms. The number of likely N-dealkylation sites (N-methyl/N-ethyl adjacent to an activating group) is 1. The summed E-state index contributed by atoms with van der Waals surface area (Å²) in [6, 6.07) is 6.12. The van der Waals surface area contributed by atoms with Gasteiger partial charge in [0.15, 0.2) is 0 Å². The SMILES string of the molecule is COCCN(C)C(=O)c1ccc2c(c1)C(C)CC2. The van der Waals surface area contributed by atoms with E-state index in [1.807, 2.05) is 13.1 Å². The second-order valence-electron chi connectivity index (χ2n) is 5.07. The third-order valence-corrected chi connectivity index (χ3v) is 3.75. The van der Waals surface area contributed by atoms with E-state index in [4.69, 9.17) is 4.74 Å². The van der Waals surface area contributed by atoms with E-state index in [1.165, 1.54) is 17.5 Å². The Morgan fingerprint density at radius 2 is 2.28 bits per heavy atom. The fourth-order valence-electron chi connectivity index (χ4n) is 2.49. The summed E-state index contributed by atoms with van der Waals surface area (Å²) < 4.78 is 5.00. The van der Waals surface area contributed by atoms with Gasteiger partial charge in [0.05, 0.1) is 6.61 Å². The second kappa shape index (κ2) is 5.53. The summed E-state index contributed by atoms with van der Waals surface area (Å²) in [5.74, 6) is 0.658. The van der Waals surface area contributed by atoms with Gasteiger partial charge in [-0.1, -0.05) is 13.0 Å². The highest BCUT2D eigenvalue weighted by molar-refractivity contribution is 5.94. The third kappa shape index (κ3) is 2.56. The molecule has 1 aromatic rings. The number of aryl methyl sites for hydroxylation is 1. The number of methoxy groups -OCH3 is 1. The van der Waals surface area contributed by atoms with Crippen LogP contribution >= 0.6 is 0 Å². The van der Waals surface area contributed by atoms with Crippen LogP contribution < -0.4 is 0 Å². The molecule has 3 heteroatoms. The molecule has 0 aromatic heterocycles. The number of hydrogen-bond acceptors (Lipinski definition) is 2. The van der Waals surface area contributed by atoms with E-state index in [2.05, 4.69) is 19.1 Å². The van der Waals surface area contributed by atoms with Crippen molar-refractivity contribution in [3.63, 3.8) is 0 Å². The molecule has 18 heavy (non-hydrogen) atoms. The molecule has 98 valence electrons. The Labute approximate surface area is 109 Å². The average molecular weight is 247 g/mol. The van der Waals surface area contributed by atoms with Gasteiger partial charge in [0.25, 0.3) is 5.91 Å².